The molecule has 1 saturated carbocycles. The van der Waals surface area contributed by atoms with Crippen LogP contribution in [0.2, 0.25) is 0 Å². The first-order valence-corrected chi connectivity index (χ1v) is 5.12. The van der Waals surface area contributed by atoms with Crippen LogP contribution in [0.1, 0.15) is 19.8 Å². The molecule has 2 aliphatic rings. The minimum absolute atomic E-state index is 0.0442. The van der Waals surface area contributed by atoms with Crippen molar-refractivity contribution in [3.8, 4) is 0 Å². The summed E-state index contributed by atoms with van der Waals surface area (Å²) in [5.74, 6) is -0.908. The molecule has 1 aliphatic heterocycles. The molecule has 5 nitrogen and oxygen atoms in total. The lowest BCUT2D eigenvalue weighted by molar-refractivity contribution is -0.145. The molecule has 0 aromatic heterocycles. The SMILES string of the molecule is CC(=O)N1CC(OCC(=O)O)C2(CC2)C1. The summed E-state index contributed by atoms with van der Waals surface area (Å²) in [6.07, 6.45) is 2.00. The van der Waals surface area contributed by atoms with E-state index in [0.29, 0.717) is 6.54 Å². The lowest BCUT2D eigenvalue weighted by atomic mass is 10.0. The summed E-state index contributed by atoms with van der Waals surface area (Å²) >= 11 is 0. The molecule has 0 aromatic carbocycles. The number of nitrogens with zero attached hydrogens (tertiary/aromatic N) is 1. The van der Waals surface area contributed by atoms with E-state index < -0.39 is 5.97 Å². The summed E-state index contributed by atoms with van der Waals surface area (Å²) in [5, 5.41) is 8.53. The minimum atomic E-state index is -0.952. The Balaban J connectivity index is 1.94. The van der Waals surface area contributed by atoms with Crippen molar-refractivity contribution in [1.29, 1.82) is 0 Å². The molecule has 2 fully saturated rings. The summed E-state index contributed by atoms with van der Waals surface area (Å²) in [6, 6.07) is 0. The van der Waals surface area contributed by atoms with Gasteiger partial charge in [-0.3, -0.25) is 4.79 Å². The molecule has 1 N–H and O–H groups in total. The predicted molar refractivity (Wildman–Crippen MR) is 51.3 cm³/mol. The molecule has 5 heteroatoms. The number of carbonyl (C=O) groups excluding carboxylic acids is 1. The number of carbonyl (C=O) groups is 2. The smallest absolute Gasteiger partial charge is 0.329 e. The normalized spacial score (nSPS) is 27.0. The van der Waals surface area contributed by atoms with Crippen molar-refractivity contribution in [1.82, 2.24) is 4.90 Å². The van der Waals surface area contributed by atoms with Crippen molar-refractivity contribution >= 4 is 11.9 Å². The van der Waals surface area contributed by atoms with Crippen LogP contribution in [0.25, 0.3) is 0 Å². The van der Waals surface area contributed by atoms with Crippen molar-refractivity contribution < 1.29 is 19.4 Å². The van der Waals surface area contributed by atoms with Crippen LogP contribution in [0.15, 0.2) is 0 Å². The predicted octanol–water partition coefficient (Wildman–Crippen LogP) is 0.0985. The van der Waals surface area contributed by atoms with Gasteiger partial charge in [0.1, 0.15) is 6.61 Å². The first-order chi connectivity index (χ1) is 7.03. The first-order valence-electron chi connectivity index (χ1n) is 5.12. The summed E-state index contributed by atoms with van der Waals surface area (Å²) in [4.78, 5) is 23.3. The van der Waals surface area contributed by atoms with E-state index in [-0.39, 0.29) is 24.0 Å². The molecule has 2 rings (SSSR count). The van der Waals surface area contributed by atoms with Gasteiger partial charge < -0.3 is 14.7 Å². The van der Waals surface area contributed by atoms with Crippen LogP contribution < -0.4 is 0 Å². The van der Waals surface area contributed by atoms with E-state index in [1.54, 1.807) is 4.90 Å². The van der Waals surface area contributed by atoms with Crippen molar-refractivity contribution in [2.75, 3.05) is 19.7 Å². The van der Waals surface area contributed by atoms with Gasteiger partial charge in [-0.15, -0.1) is 0 Å². The van der Waals surface area contributed by atoms with Gasteiger partial charge in [-0.25, -0.2) is 4.79 Å². The highest BCUT2D eigenvalue weighted by atomic mass is 16.5. The van der Waals surface area contributed by atoms with Crippen LogP contribution in [-0.2, 0) is 14.3 Å². The van der Waals surface area contributed by atoms with Crippen LogP contribution >= 0.6 is 0 Å². The average Bonchev–Trinajstić information content (AvgIpc) is 2.78. The van der Waals surface area contributed by atoms with E-state index in [1.807, 2.05) is 0 Å². The first kappa shape index (κ1) is 10.4. The summed E-state index contributed by atoms with van der Waals surface area (Å²) in [5.41, 5.74) is 0.0706. The van der Waals surface area contributed by atoms with Crippen LogP contribution in [0.3, 0.4) is 0 Å². The number of likely N-dealkylation sites (tertiary alicyclic amines) is 1. The Kier molecular flexibility index (Phi) is 2.42. The number of ether oxygens (including phenoxy) is 1. The number of aliphatic carboxylic acids is 1. The monoisotopic (exact) mass is 213 g/mol. The van der Waals surface area contributed by atoms with Gasteiger partial charge in [0, 0.05) is 25.4 Å². The largest absolute Gasteiger partial charge is 0.480 e. The van der Waals surface area contributed by atoms with E-state index in [0.717, 1.165) is 19.4 Å². The number of hydrogen-bond donors (Lipinski definition) is 1. The van der Waals surface area contributed by atoms with Gasteiger partial charge in [0.05, 0.1) is 6.10 Å². The standard InChI is InChI=1S/C10H15NO4/c1-7(12)11-4-8(15-5-9(13)14)10(6-11)2-3-10/h8H,2-6H2,1H3,(H,13,14). The maximum absolute atomic E-state index is 11.2. The molecular weight excluding hydrogens is 198 g/mol. The van der Waals surface area contributed by atoms with Gasteiger partial charge in [0.15, 0.2) is 0 Å². The van der Waals surface area contributed by atoms with Crippen molar-refractivity contribution in [3.05, 3.63) is 0 Å². The highest BCUT2D eigenvalue weighted by molar-refractivity contribution is 5.74. The van der Waals surface area contributed by atoms with Crippen LogP contribution in [0.4, 0.5) is 0 Å². The van der Waals surface area contributed by atoms with Crippen LogP contribution in [0, 0.1) is 5.41 Å². The Labute approximate surface area is 88.0 Å². The highest BCUT2D eigenvalue weighted by Crippen LogP contribution is 2.53. The molecule has 1 saturated heterocycles. The van der Waals surface area contributed by atoms with Gasteiger partial charge in [0.2, 0.25) is 5.91 Å². The van der Waals surface area contributed by atoms with Gasteiger partial charge >= 0.3 is 5.97 Å². The Bertz CT molecular complexity index is 298. The third-order valence-electron chi connectivity index (χ3n) is 3.32. The minimum Gasteiger partial charge on any atom is -0.480 e. The second kappa shape index (κ2) is 3.48. The van der Waals surface area contributed by atoms with Crippen molar-refractivity contribution in [2.24, 2.45) is 5.41 Å². The molecule has 84 valence electrons. The zero-order chi connectivity index (χ0) is 11.1. The number of amides is 1. The summed E-state index contributed by atoms with van der Waals surface area (Å²) < 4.78 is 5.33. The van der Waals surface area contributed by atoms with Crippen LogP contribution in [-0.4, -0.2) is 47.7 Å². The van der Waals surface area contributed by atoms with Gasteiger partial charge in [-0.1, -0.05) is 0 Å². The molecule has 0 aromatic rings. The number of carboxylic acid groups (broad SMARTS) is 1. The molecule has 1 atom stereocenters. The van der Waals surface area contributed by atoms with Gasteiger partial charge in [-0.2, -0.15) is 0 Å². The topological polar surface area (TPSA) is 66.8 Å². The zero-order valence-corrected chi connectivity index (χ0v) is 8.73. The molecule has 0 radical (unpaired) electrons. The molecule has 1 heterocycles. The quantitative estimate of drug-likeness (QED) is 0.722. The van der Waals surface area contributed by atoms with E-state index in [1.165, 1.54) is 6.92 Å². The number of rotatable bonds is 3. The Morgan fingerprint density at radius 1 is 1.53 bits per heavy atom. The second-order valence-corrected chi connectivity index (χ2v) is 4.46. The molecule has 1 spiro atoms. The fraction of sp³-hybridized carbons (Fsp3) is 0.800. The summed E-state index contributed by atoms with van der Waals surface area (Å²) in [7, 11) is 0. The Morgan fingerprint density at radius 3 is 2.67 bits per heavy atom. The molecule has 1 aliphatic carbocycles. The Hall–Kier alpha value is -1.10. The number of hydrogen-bond acceptors (Lipinski definition) is 3. The van der Waals surface area contributed by atoms with Crippen molar-refractivity contribution in [2.45, 2.75) is 25.9 Å². The van der Waals surface area contributed by atoms with Crippen molar-refractivity contribution in [3.63, 3.8) is 0 Å². The Morgan fingerprint density at radius 2 is 2.20 bits per heavy atom. The number of carboxylic acids is 1. The third kappa shape index (κ3) is 1.97. The van der Waals surface area contributed by atoms with E-state index in [9.17, 15) is 9.59 Å². The fourth-order valence-corrected chi connectivity index (χ4v) is 2.22. The molecule has 15 heavy (non-hydrogen) atoms. The molecule has 0 bridgehead atoms. The third-order valence-corrected chi connectivity index (χ3v) is 3.32. The lowest BCUT2D eigenvalue weighted by Crippen LogP contribution is -2.28. The lowest BCUT2D eigenvalue weighted by Gasteiger charge is -2.15. The molecule has 1 amide bonds. The fourth-order valence-electron chi connectivity index (χ4n) is 2.22. The van der Waals surface area contributed by atoms with E-state index in [4.69, 9.17) is 9.84 Å². The van der Waals surface area contributed by atoms with Crippen LogP contribution in [0.5, 0.6) is 0 Å². The van der Waals surface area contributed by atoms with Gasteiger partial charge in [0.25, 0.3) is 0 Å². The second-order valence-electron chi connectivity index (χ2n) is 4.46. The van der Waals surface area contributed by atoms with E-state index >= 15 is 0 Å². The zero-order valence-electron chi connectivity index (χ0n) is 8.73. The van der Waals surface area contributed by atoms with Gasteiger partial charge in [-0.05, 0) is 12.8 Å². The maximum atomic E-state index is 11.2. The van der Waals surface area contributed by atoms with E-state index in [2.05, 4.69) is 0 Å². The maximum Gasteiger partial charge on any atom is 0.329 e. The molecular formula is C10H15NO4. The highest BCUT2D eigenvalue weighted by Gasteiger charge is 2.56. The summed E-state index contributed by atoms with van der Waals surface area (Å²) in [6.45, 7) is 2.54. The average molecular weight is 213 g/mol. The molecule has 1 unspecified atom stereocenters.